The van der Waals surface area contributed by atoms with Gasteiger partial charge in [0, 0.05) is 10.5 Å². The average molecular weight is 343 g/mol. The molecule has 0 amide bonds. The van der Waals surface area contributed by atoms with Gasteiger partial charge in [-0.3, -0.25) is 0 Å². The molecular formula is C15H14BrClFN. The normalized spacial score (nSPS) is 12.2. The van der Waals surface area contributed by atoms with Crippen molar-refractivity contribution in [3.8, 4) is 0 Å². The summed E-state index contributed by atoms with van der Waals surface area (Å²) in [7, 11) is 0. The van der Waals surface area contributed by atoms with E-state index in [0.717, 1.165) is 10.2 Å². The van der Waals surface area contributed by atoms with Gasteiger partial charge in [-0.1, -0.05) is 45.7 Å². The van der Waals surface area contributed by atoms with E-state index >= 15 is 0 Å². The molecule has 0 heterocycles. The zero-order valence-corrected chi connectivity index (χ0v) is 12.8. The lowest BCUT2D eigenvalue weighted by molar-refractivity contribution is 0.601. The number of halogens is 3. The summed E-state index contributed by atoms with van der Waals surface area (Å²) in [6.45, 7) is 2.00. The molecule has 0 fully saturated rings. The number of anilines is 1. The van der Waals surface area contributed by atoms with E-state index in [1.165, 1.54) is 6.07 Å². The van der Waals surface area contributed by atoms with E-state index in [9.17, 15) is 4.39 Å². The predicted molar refractivity (Wildman–Crippen MR) is 82.3 cm³/mol. The Balaban J connectivity index is 2.07. The van der Waals surface area contributed by atoms with Crippen LogP contribution in [0.15, 0.2) is 46.9 Å². The molecule has 0 saturated heterocycles. The lowest BCUT2D eigenvalue weighted by Crippen LogP contribution is -2.19. The van der Waals surface area contributed by atoms with Crippen LogP contribution < -0.4 is 5.32 Å². The highest BCUT2D eigenvalue weighted by Crippen LogP contribution is 2.26. The van der Waals surface area contributed by atoms with Gasteiger partial charge in [-0.15, -0.1) is 0 Å². The molecule has 0 aliphatic carbocycles. The van der Waals surface area contributed by atoms with Crippen molar-refractivity contribution in [2.24, 2.45) is 0 Å². The lowest BCUT2D eigenvalue weighted by Gasteiger charge is -2.17. The Labute approximate surface area is 125 Å². The third kappa shape index (κ3) is 3.95. The summed E-state index contributed by atoms with van der Waals surface area (Å²) in [6, 6.07) is 12.5. The van der Waals surface area contributed by atoms with Crippen LogP contribution >= 0.6 is 27.5 Å². The SMILES string of the molecule is CC(Cc1ccccc1F)Nc1cc(Br)ccc1Cl. The van der Waals surface area contributed by atoms with E-state index in [2.05, 4.69) is 21.2 Å². The fourth-order valence-electron chi connectivity index (χ4n) is 1.92. The van der Waals surface area contributed by atoms with E-state index in [0.29, 0.717) is 17.0 Å². The van der Waals surface area contributed by atoms with Gasteiger partial charge < -0.3 is 5.32 Å². The molecular weight excluding hydrogens is 329 g/mol. The highest BCUT2D eigenvalue weighted by atomic mass is 79.9. The second-order valence-corrected chi connectivity index (χ2v) is 5.79. The zero-order valence-electron chi connectivity index (χ0n) is 10.5. The van der Waals surface area contributed by atoms with Crippen LogP contribution in [0.25, 0.3) is 0 Å². The Morgan fingerprint density at radius 3 is 2.74 bits per heavy atom. The summed E-state index contributed by atoms with van der Waals surface area (Å²) in [5.74, 6) is -0.170. The van der Waals surface area contributed by atoms with E-state index in [1.54, 1.807) is 12.1 Å². The monoisotopic (exact) mass is 341 g/mol. The summed E-state index contributed by atoms with van der Waals surface area (Å²) in [4.78, 5) is 0. The van der Waals surface area contributed by atoms with Crippen molar-refractivity contribution in [3.05, 3.63) is 63.3 Å². The fourth-order valence-corrected chi connectivity index (χ4v) is 2.45. The average Bonchev–Trinajstić information content (AvgIpc) is 2.37. The van der Waals surface area contributed by atoms with Gasteiger partial charge in [0.15, 0.2) is 0 Å². The third-order valence-corrected chi connectivity index (χ3v) is 3.64. The van der Waals surface area contributed by atoms with E-state index in [-0.39, 0.29) is 11.9 Å². The molecule has 2 rings (SSSR count). The van der Waals surface area contributed by atoms with Crippen LogP contribution in [0.1, 0.15) is 12.5 Å². The molecule has 19 heavy (non-hydrogen) atoms. The molecule has 100 valence electrons. The van der Waals surface area contributed by atoms with Gasteiger partial charge in [-0.2, -0.15) is 0 Å². The first-order valence-corrected chi connectivity index (χ1v) is 7.18. The van der Waals surface area contributed by atoms with Crippen molar-refractivity contribution >= 4 is 33.2 Å². The second kappa shape index (κ2) is 6.40. The summed E-state index contributed by atoms with van der Waals surface area (Å²) in [5, 5.41) is 3.95. The quantitative estimate of drug-likeness (QED) is 0.796. The summed E-state index contributed by atoms with van der Waals surface area (Å²) in [5.41, 5.74) is 1.55. The molecule has 0 saturated carbocycles. The molecule has 2 aromatic carbocycles. The molecule has 0 spiro atoms. The van der Waals surface area contributed by atoms with Crippen molar-refractivity contribution in [1.82, 2.24) is 0 Å². The van der Waals surface area contributed by atoms with Crippen LogP contribution in [0, 0.1) is 5.82 Å². The predicted octanol–water partition coefficient (Wildman–Crippen LogP) is 5.28. The number of benzene rings is 2. The van der Waals surface area contributed by atoms with Crippen LogP contribution in [0.5, 0.6) is 0 Å². The minimum Gasteiger partial charge on any atom is -0.381 e. The highest BCUT2D eigenvalue weighted by Gasteiger charge is 2.09. The molecule has 0 radical (unpaired) electrons. The number of rotatable bonds is 4. The molecule has 1 nitrogen and oxygen atoms in total. The highest BCUT2D eigenvalue weighted by molar-refractivity contribution is 9.10. The smallest absolute Gasteiger partial charge is 0.126 e. The molecule has 1 unspecified atom stereocenters. The first kappa shape index (κ1) is 14.4. The van der Waals surface area contributed by atoms with Crippen LogP contribution in [-0.2, 0) is 6.42 Å². The third-order valence-electron chi connectivity index (χ3n) is 2.81. The topological polar surface area (TPSA) is 12.0 Å². The number of nitrogens with one attached hydrogen (secondary N) is 1. The second-order valence-electron chi connectivity index (χ2n) is 4.47. The molecule has 2 aromatic rings. The Morgan fingerprint density at radius 2 is 2.00 bits per heavy atom. The molecule has 0 aromatic heterocycles. The van der Waals surface area contributed by atoms with Crippen molar-refractivity contribution < 1.29 is 4.39 Å². The summed E-state index contributed by atoms with van der Waals surface area (Å²) < 4.78 is 14.5. The molecule has 4 heteroatoms. The molecule has 1 atom stereocenters. The minimum atomic E-state index is -0.170. The number of hydrogen-bond donors (Lipinski definition) is 1. The molecule has 0 aliphatic rings. The first-order valence-electron chi connectivity index (χ1n) is 6.01. The standard InChI is InChI=1S/C15H14BrClFN/c1-10(8-11-4-2-3-5-14(11)18)19-15-9-12(16)6-7-13(15)17/h2-7,9-10,19H,8H2,1H3. The largest absolute Gasteiger partial charge is 0.381 e. The van der Waals surface area contributed by atoms with Crippen LogP contribution in [0.2, 0.25) is 5.02 Å². The maximum Gasteiger partial charge on any atom is 0.126 e. The Morgan fingerprint density at radius 1 is 1.26 bits per heavy atom. The van der Waals surface area contributed by atoms with Gasteiger partial charge in [-0.05, 0) is 43.2 Å². The van der Waals surface area contributed by atoms with Crippen molar-refractivity contribution in [2.75, 3.05) is 5.32 Å². The molecule has 1 N–H and O–H groups in total. The van der Waals surface area contributed by atoms with Crippen molar-refractivity contribution in [3.63, 3.8) is 0 Å². The summed E-state index contributed by atoms with van der Waals surface area (Å²) in [6.07, 6.45) is 0.607. The summed E-state index contributed by atoms with van der Waals surface area (Å²) >= 11 is 9.52. The Bertz CT molecular complexity index is 574. The van der Waals surface area contributed by atoms with Gasteiger partial charge in [0.05, 0.1) is 10.7 Å². The van der Waals surface area contributed by atoms with Crippen LogP contribution in [0.3, 0.4) is 0 Å². The van der Waals surface area contributed by atoms with Gasteiger partial charge in [0.2, 0.25) is 0 Å². The lowest BCUT2D eigenvalue weighted by atomic mass is 10.1. The maximum atomic E-state index is 13.6. The Hall–Kier alpha value is -1.06. The van der Waals surface area contributed by atoms with E-state index in [1.807, 2.05) is 31.2 Å². The first-order chi connectivity index (χ1) is 9.06. The van der Waals surface area contributed by atoms with Gasteiger partial charge in [0.1, 0.15) is 5.82 Å². The molecule has 0 bridgehead atoms. The van der Waals surface area contributed by atoms with E-state index in [4.69, 9.17) is 11.6 Å². The zero-order chi connectivity index (χ0) is 13.8. The van der Waals surface area contributed by atoms with Crippen LogP contribution in [0.4, 0.5) is 10.1 Å². The molecule has 0 aliphatic heterocycles. The van der Waals surface area contributed by atoms with Gasteiger partial charge in [0.25, 0.3) is 0 Å². The van der Waals surface area contributed by atoms with Crippen molar-refractivity contribution in [2.45, 2.75) is 19.4 Å². The Kier molecular flexibility index (Phi) is 4.83. The van der Waals surface area contributed by atoms with Crippen LogP contribution in [-0.4, -0.2) is 6.04 Å². The van der Waals surface area contributed by atoms with E-state index < -0.39 is 0 Å². The van der Waals surface area contributed by atoms with Gasteiger partial charge >= 0.3 is 0 Å². The van der Waals surface area contributed by atoms with Crippen molar-refractivity contribution in [1.29, 1.82) is 0 Å². The minimum absolute atomic E-state index is 0.0868. The fraction of sp³-hybridized carbons (Fsp3) is 0.200. The van der Waals surface area contributed by atoms with Gasteiger partial charge in [-0.25, -0.2) is 4.39 Å². The maximum absolute atomic E-state index is 13.6. The number of hydrogen-bond acceptors (Lipinski definition) is 1.